The van der Waals surface area contributed by atoms with Crippen molar-refractivity contribution in [3.8, 4) is 0 Å². The smallest absolute Gasteiger partial charge is 0.0672 e. The maximum atomic E-state index is 5.65. The molecule has 1 N–H and O–H groups in total. The SMILES string of the molecule is C=C(C)COCCN1CC(C(C)CC)NCC1CC. The second-order valence-corrected chi connectivity index (χ2v) is 5.97. The summed E-state index contributed by atoms with van der Waals surface area (Å²) in [7, 11) is 0. The Kier molecular flexibility index (Phi) is 7.66. The van der Waals surface area contributed by atoms with Gasteiger partial charge < -0.3 is 10.1 Å². The highest BCUT2D eigenvalue weighted by Crippen LogP contribution is 2.16. The summed E-state index contributed by atoms with van der Waals surface area (Å²) in [6, 6.07) is 1.29. The lowest BCUT2D eigenvalue weighted by Crippen LogP contribution is -2.58. The Hall–Kier alpha value is -0.380. The Bertz CT molecular complexity index is 267. The Morgan fingerprint density at radius 1 is 1.47 bits per heavy atom. The minimum atomic E-state index is 0.633. The van der Waals surface area contributed by atoms with Crippen molar-refractivity contribution in [3.05, 3.63) is 12.2 Å². The second kappa shape index (κ2) is 8.72. The lowest BCUT2D eigenvalue weighted by Gasteiger charge is -2.42. The van der Waals surface area contributed by atoms with Crippen LogP contribution >= 0.6 is 0 Å². The fraction of sp³-hybridized carbons (Fsp3) is 0.875. The van der Waals surface area contributed by atoms with Gasteiger partial charge in [0.15, 0.2) is 0 Å². The maximum Gasteiger partial charge on any atom is 0.0672 e. The van der Waals surface area contributed by atoms with Crippen molar-refractivity contribution in [3.63, 3.8) is 0 Å². The van der Waals surface area contributed by atoms with Crippen molar-refractivity contribution >= 4 is 0 Å². The molecule has 3 atom stereocenters. The summed E-state index contributed by atoms with van der Waals surface area (Å²) < 4.78 is 5.65. The van der Waals surface area contributed by atoms with E-state index >= 15 is 0 Å². The predicted molar refractivity (Wildman–Crippen MR) is 82.5 cm³/mol. The van der Waals surface area contributed by atoms with Crippen LogP contribution in [0, 0.1) is 5.92 Å². The molecule has 1 saturated heterocycles. The molecule has 0 amide bonds. The number of nitrogens with zero attached hydrogens (tertiary/aromatic N) is 1. The van der Waals surface area contributed by atoms with Crippen molar-refractivity contribution in [2.75, 3.05) is 32.8 Å². The summed E-state index contributed by atoms with van der Waals surface area (Å²) in [5.41, 5.74) is 1.10. The number of nitrogens with one attached hydrogen (secondary N) is 1. The molecule has 0 aromatic heterocycles. The van der Waals surface area contributed by atoms with Gasteiger partial charge >= 0.3 is 0 Å². The lowest BCUT2D eigenvalue weighted by atomic mass is 9.95. The normalized spacial score (nSPS) is 26.3. The van der Waals surface area contributed by atoms with Crippen molar-refractivity contribution in [1.82, 2.24) is 10.2 Å². The molecule has 3 heteroatoms. The number of ether oxygens (including phenoxy) is 1. The molecule has 1 aliphatic rings. The minimum absolute atomic E-state index is 0.633. The van der Waals surface area contributed by atoms with E-state index in [2.05, 4.69) is 37.6 Å². The molecule has 1 rings (SSSR count). The third-order valence-corrected chi connectivity index (χ3v) is 4.24. The largest absolute Gasteiger partial charge is 0.376 e. The van der Waals surface area contributed by atoms with Crippen LogP contribution in [0.25, 0.3) is 0 Å². The lowest BCUT2D eigenvalue weighted by molar-refractivity contribution is 0.0626. The van der Waals surface area contributed by atoms with Gasteiger partial charge in [-0.05, 0) is 19.3 Å². The van der Waals surface area contributed by atoms with Crippen LogP contribution < -0.4 is 5.32 Å². The van der Waals surface area contributed by atoms with Crippen LogP contribution in [0.4, 0.5) is 0 Å². The van der Waals surface area contributed by atoms with Crippen LogP contribution in [0.15, 0.2) is 12.2 Å². The highest BCUT2D eigenvalue weighted by Gasteiger charge is 2.28. The Balaban J connectivity index is 2.39. The van der Waals surface area contributed by atoms with Gasteiger partial charge in [0.1, 0.15) is 0 Å². The molecule has 112 valence electrons. The second-order valence-electron chi connectivity index (χ2n) is 5.97. The molecular weight excluding hydrogens is 236 g/mol. The van der Waals surface area contributed by atoms with Crippen molar-refractivity contribution < 1.29 is 4.74 Å². The molecule has 1 aliphatic heterocycles. The van der Waals surface area contributed by atoms with E-state index in [0.717, 1.165) is 37.7 Å². The zero-order chi connectivity index (χ0) is 14.3. The van der Waals surface area contributed by atoms with Crippen molar-refractivity contribution in [2.24, 2.45) is 5.92 Å². The van der Waals surface area contributed by atoms with Gasteiger partial charge in [0.2, 0.25) is 0 Å². The Labute approximate surface area is 119 Å². The average molecular weight is 268 g/mol. The first-order valence-electron chi connectivity index (χ1n) is 7.78. The van der Waals surface area contributed by atoms with Gasteiger partial charge in [-0.15, -0.1) is 0 Å². The van der Waals surface area contributed by atoms with Gasteiger partial charge in [0.25, 0.3) is 0 Å². The van der Waals surface area contributed by atoms with E-state index in [1.54, 1.807) is 0 Å². The maximum absolute atomic E-state index is 5.65. The molecule has 0 radical (unpaired) electrons. The number of rotatable bonds is 8. The van der Waals surface area contributed by atoms with Crippen molar-refractivity contribution in [2.45, 2.75) is 52.6 Å². The van der Waals surface area contributed by atoms with Crippen LogP contribution in [0.5, 0.6) is 0 Å². The van der Waals surface area contributed by atoms with Crippen molar-refractivity contribution in [1.29, 1.82) is 0 Å². The minimum Gasteiger partial charge on any atom is -0.376 e. The summed E-state index contributed by atoms with van der Waals surface area (Å²) in [5.74, 6) is 0.747. The standard InChI is InChI=1S/C16H32N2O/c1-6-14(5)16-11-18(15(7-2)10-17-16)8-9-19-12-13(3)4/h14-17H,3,6-12H2,1-2,4-5H3. The molecule has 3 unspecified atom stereocenters. The predicted octanol–water partition coefficient (Wildman–Crippen LogP) is 2.68. The summed E-state index contributed by atoms with van der Waals surface area (Å²) >= 11 is 0. The molecule has 0 aromatic carbocycles. The first-order valence-corrected chi connectivity index (χ1v) is 7.78. The number of hydrogen-bond acceptors (Lipinski definition) is 3. The van der Waals surface area contributed by atoms with Crippen LogP contribution in [0.2, 0.25) is 0 Å². The van der Waals surface area contributed by atoms with Gasteiger partial charge in [-0.3, -0.25) is 4.90 Å². The van der Waals surface area contributed by atoms with Crippen LogP contribution in [-0.2, 0) is 4.74 Å². The van der Waals surface area contributed by atoms with E-state index < -0.39 is 0 Å². The Morgan fingerprint density at radius 2 is 2.21 bits per heavy atom. The molecule has 1 fully saturated rings. The van der Waals surface area contributed by atoms with Gasteiger partial charge in [-0.2, -0.15) is 0 Å². The first-order chi connectivity index (χ1) is 9.08. The summed E-state index contributed by atoms with van der Waals surface area (Å²) in [6.45, 7) is 17.6. The molecule has 3 nitrogen and oxygen atoms in total. The van der Waals surface area contributed by atoms with Crippen LogP contribution in [0.1, 0.15) is 40.5 Å². The molecule has 1 heterocycles. The summed E-state index contributed by atoms with van der Waals surface area (Å²) in [6.07, 6.45) is 2.45. The van der Waals surface area contributed by atoms with Gasteiger partial charge in [-0.25, -0.2) is 0 Å². The third-order valence-electron chi connectivity index (χ3n) is 4.24. The highest BCUT2D eigenvalue weighted by atomic mass is 16.5. The quantitative estimate of drug-likeness (QED) is 0.541. The highest BCUT2D eigenvalue weighted by molar-refractivity contribution is 4.89. The van der Waals surface area contributed by atoms with Gasteiger partial charge in [-0.1, -0.05) is 39.3 Å². The molecule has 0 saturated carbocycles. The van der Waals surface area contributed by atoms with E-state index in [1.165, 1.54) is 12.8 Å². The van der Waals surface area contributed by atoms with Gasteiger partial charge in [0.05, 0.1) is 13.2 Å². The van der Waals surface area contributed by atoms with E-state index in [0.29, 0.717) is 18.7 Å². The zero-order valence-corrected chi connectivity index (χ0v) is 13.2. The van der Waals surface area contributed by atoms with Gasteiger partial charge in [0, 0.05) is 31.7 Å². The molecule has 19 heavy (non-hydrogen) atoms. The summed E-state index contributed by atoms with van der Waals surface area (Å²) in [5, 5.41) is 3.71. The summed E-state index contributed by atoms with van der Waals surface area (Å²) in [4.78, 5) is 2.60. The third kappa shape index (κ3) is 5.64. The van der Waals surface area contributed by atoms with E-state index in [-0.39, 0.29) is 0 Å². The fourth-order valence-corrected chi connectivity index (χ4v) is 2.65. The molecule has 0 bridgehead atoms. The zero-order valence-electron chi connectivity index (χ0n) is 13.2. The van der Waals surface area contributed by atoms with Crippen LogP contribution in [-0.4, -0.2) is 49.8 Å². The average Bonchev–Trinajstić information content (AvgIpc) is 2.42. The molecule has 0 aliphatic carbocycles. The fourth-order valence-electron chi connectivity index (χ4n) is 2.65. The van der Waals surface area contributed by atoms with E-state index in [9.17, 15) is 0 Å². The van der Waals surface area contributed by atoms with E-state index in [1.807, 2.05) is 6.92 Å². The first kappa shape index (κ1) is 16.7. The molecular formula is C16H32N2O. The van der Waals surface area contributed by atoms with Crippen LogP contribution in [0.3, 0.4) is 0 Å². The monoisotopic (exact) mass is 268 g/mol. The topological polar surface area (TPSA) is 24.5 Å². The Morgan fingerprint density at radius 3 is 2.79 bits per heavy atom. The number of hydrogen-bond donors (Lipinski definition) is 1. The molecule has 0 spiro atoms. The number of piperazine rings is 1. The molecule has 0 aromatic rings. The van der Waals surface area contributed by atoms with E-state index in [4.69, 9.17) is 4.74 Å².